The molecule has 47 heavy (non-hydrogen) atoms. The molecule has 264 valence electrons. The highest BCUT2D eigenvalue weighted by molar-refractivity contribution is 5.86. The Morgan fingerprint density at radius 2 is 1.28 bits per heavy atom. The van der Waals surface area contributed by atoms with Gasteiger partial charge in [-0.15, -0.1) is 0 Å². The SMILES string of the molecule is O=C(O)CC[C@H](NC(=O)N[C@@H](CCCCNC(=O)CCCCCCCCCCCN(CC(=O)O)Cc1ccccn1)C(=O)O)C(=O)O. The molecule has 0 aliphatic heterocycles. The van der Waals surface area contributed by atoms with Crippen LogP contribution < -0.4 is 16.0 Å². The quantitative estimate of drug-likeness (QED) is 0.0639. The summed E-state index contributed by atoms with van der Waals surface area (Å²) in [7, 11) is 0. The number of nitrogens with one attached hydrogen (secondary N) is 3. The third-order valence-corrected chi connectivity index (χ3v) is 7.44. The summed E-state index contributed by atoms with van der Waals surface area (Å²) in [4.78, 5) is 74.9. The predicted octanol–water partition coefficient (Wildman–Crippen LogP) is 3.23. The van der Waals surface area contributed by atoms with Crippen LogP contribution in [0.4, 0.5) is 4.79 Å². The molecule has 0 fully saturated rings. The number of carboxylic acid groups (broad SMARTS) is 4. The van der Waals surface area contributed by atoms with Crippen LogP contribution in [0.15, 0.2) is 24.4 Å². The van der Waals surface area contributed by atoms with Crippen molar-refractivity contribution in [2.75, 3.05) is 19.6 Å². The molecule has 0 saturated heterocycles. The summed E-state index contributed by atoms with van der Waals surface area (Å²) in [5.41, 5.74) is 0.862. The van der Waals surface area contributed by atoms with Crippen LogP contribution in [0, 0.1) is 0 Å². The minimum Gasteiger partial charge on any atom is -0.481 e. The molecule has 0 radical (unpaired) electrons. The summed E-state index contributed by atoms with van der Waals surface area (Å²) in [5.74, 6) is -4.85. The molecule has 0 aliphatic rings. The van der Waals surface area contributed by atoms with Gasteiger partial charge in [-0.1, -0.05) is 51.0 Å². The smallest absolute Gasteiger partial charge is 0.326 e. The van der Waals surface area contributed by atoms with Gasteiger partial charge < -0.3 is 36.4 Å². The van der Waals surface area contributed by atoms with Gasteiger partial charge >= 0.3 is 29.9 Å². The highest BCUT2D eigenvalue weighted by Crippen LogP contribution is 2.12. The largest absolute Gasteiger partial charge is 0.481 e. The minimum absolute atomic E-state index is 0.000809. The van der Waals surface area contributed by atoms with Crippen LogP contribution in [0.5, 0.6) is 0 Å². The number of carbonyl (C=O) groups excluding carboxylic acids is 2. The van der Waals surface area contributed by atoms with Crippen molar-refractivity contribution < 1.29 is 49.2 Å². The van der Waals surface area contributed by atoms with Crippen LogP contribution in [-0.4, -0.2) is 97.8 Å². The van der Waals surface area contributed by atoms with Crippen LogP contribution in [0.25, 0.3) is 0 Å². The fourth-order valence-corrected chi connectivity index (χ4v) is 4.91. The number of pyridine rings is 1. The Morgan fingerprint density at radius 1 is 0.681 bits per heavy atom. The van der Waals surface area contributed by atoms with Crippen molar-refractivity contribution in [1.29, 1.82) is 0 Å². The first kappa shape index (κ1) is 40.8. The lowest BCUT2D eigenvalue weighted by Crippen LogP contribution is -2.51. The lowest BCUT2D eigenvalue weighted by atomic mass is 10.1. The Bertz CT molecular complexity index is 1110. The number of amides is 3. The molecule has 0 bridgehead atoms. The fraction of sp³-hybridized carbons (Fsp3) is 0.656. The fourth-order valence-electron chi connectivity index (χ4n) is 4.91. The number of hydrogen-bond donors (Lipinski definition) is 7. The van der Waals surface area contributed by atoms with Gasteiger partial charge in [0.15, 0.2) is 0 Å². The molecule has 15 heteroatoms. The number of unbranched alkanes of at least 4 members (excludes halogenated alkanes) is 9. The summed E-state index contributed by atoms with van der Waals surface area (Å²) >= 11 is 0. The van der Waals surface area contributed by atoms with Crippen LogP contribution in [0.2, 0.25) is 0 Å². The summed E-state index contributed by atoms with van der Waals surface area (Å²) in [5, 5.41) is 43.5. The second kappa shape index (κ2) is 24.9. The van der Waals surface area contributed by atoms with Gasteiger partial charge in [-0.2, -0.15) is 0 Å². The van der Waals surface area contributed by atoms with E-state index < -0.39 is 48.4 Å². The molecule has 1 rings (SSSR count). The van der Waals surface area contributed by atoms with Gasteiger partial charge in [0, 0.05) is 32.1 Å². The van der Waals surface area contributed by atoms with Gasteiger partial charge in [0.1, 0.15) is 12.1 Å². The van der Waals surface area contributed by atoms with Crippen molar-refractivity contribution in [2.24, 2.45) is 0 Å². The summed E-state index contributed by atoms with van der Waals surface area (Å²) in [6.45, 7) is 1.61. The molecule has 7 N–H and O–H groups in total. The van der Waals surface area contributed by atoms with Gasteiger partial charge in [-0.05, 0) is 57.2 Å². The average Bonchev–Trinajstić information content (AvgIpc) is 3.00. The van der Waals surface area contributed by atoms with E-state index >= 15 is 0 Å². The number of nitrogens with zero attached hydrogens (tertiary/aromatic N) is 2. The van der Waals surface area contributed by atoms with Gasteiger partial charge in [0.05, 0.1) is 12.2 Å². The lowest BCUT2D eigenvalue weighted by molar-refractivity contribution is -0.141. The summed E-state index contributed by atoms with van der Waals surface area (Å²) in [6, 6.07) is 1.88. The van der Waals surface area contributed by atoms with E-state index in [2.05, 4.69) is 20.9 Å². The molecule has 0 saturated carbocycles. The van der Waals surface area contributed by atoms with Crippen molar-refractivity contribution in [1.82, 2.24) is 25.8 Å². The molecule has 0 spiro atoms. The number of urea groups is 1. The summed E-state index contributed by atoms with van der Waals surface area (Å²) in [6.07, 6.45) is 11.5. The van der Waals surface area contributed by atoms with Gasteiger partial charge in [-0.3, -0.25) is 24.3 Å². The molecular weight excluding hydrogens is 614 g/mol. The molecule has 0 unspecified atom stereocenters. The molecular formula is C32H51N5O10. The number of aliphatic carboxylic acids is 4. The van der Waals surface area contributed by atoms with Crippen molar-refractivity contribution in [3.8, 4) is 0 Å². The molecule has 1 aromatic heterocycles. The zero-order valence-corrected chi connectivity index (χ0v) is 27.0. The highest BCUT2D eigenvalue weighted by atomic mass is 16.4. The van der Waals surface area contributed by atoms with E-state index in [0.29, 0.717) is 32.4 Å². The standard InChI is InChI=1S/C32H51N5O10/c38-27(34-20-12-10-15-25(30(43)44)35-32(47)36-26(31(45)46)17-18-28(39)40)16-8-6-4-2-1-3-5-7-13-21-37(23-29(41)42)22-24-14-9-11-19-33-24/h9,11,14,19,25-26H,1-8,10,12-13,15-18,20-23H2,(H,34,38)(H,39,40)(H,41,42)(H,43,44)(H,45,46)(H2,35,36,47)/t25-,26-/m0/s1. The van der Waals surface area contributed by atoms with E-state index in [1.807, 2.05) is 23.1 Å². The second-order valence-corrected chi connectivity index (χ2v) is 11.5. The molecule has 0 aromatic carbocycles. The van der Waals surface area contributed by atoms with Crippen molar-refractivity contribution in [3.63, 3.8) is 0 Å². The molecule has 1 aromatic rings. The Kier molecular flexibility index (Phi) is 21.6. The number of carboxylic acids is 4. The van der Waals surface area contributed by atoms with Crippen LogP contribution >= 0.6 is 0 Å². The first-order valence-electron chi connectivity index (χ1n) is 16.3. The van der Waals surface area contributed by atoms with Crippen LogP contribution in [-0.2, 0) is 30.5 Å². The zero-order valence-electron chi connectivity index (χ0n) is 27.0. The highest BCUT2D eigenvalue weighted by Gasteiger charge is 2.24. The second-order valence-electron chi connectivity index (χ2n) is 11.5. The molecule has 15 nitrogen and oxygen atoms in total. The first-order valence-corrected chi connectivity index (χ1v) is 16.3. The van der Waals surface area contributed by atoms with Crippen molar-refractivity contribution in [3.05, 3.63) is 30.1 Å². The molecule has 2 atom stereocenters. The van der Waals surface area contributed by atoms with Gasteiger partial charge in [0.25, 0.3) is 0 Å². The number of carbonyl (C=O) groups is 6. The van der Waals surface area contributed by atoms with Crippen LogP contribution in [0.3, 0.4) is 0 Å². The van der Waals surface area contributed by atoms with Crippen LogP contribution in [0.1, 0.15) is 102 Å². The van der Waals surface area contributed by atoms with Crippen molar-refractivity contribution >= 4 is 35.8 Å². The van der Waals surface area contributed by atoms with E-state index in [-0.39, 0.29) is 25.3 Å². The maximum absolute atomic E-state index is 12.1. The molecule has 1 heterocycles. The molecule has 3 amide bonds. The number of rotatable bonds is 28. The summed E-state index contributed by atoms with van der Waals surface area (Å²) < 4.78 is 0. The monoisotopic (exact) mass is 665 g/mol. The zero-order chi connectivity index (χ0) is 34.9. The van der Waals surface area contributed by atoms with E-state index in [9.17, 15) is 39.0 Å². The Hall–Kier alpha value is -4.27. The maximum Gasteiger partial charge on any atom is 0.326 e. The Labute approximate surface area is 275 Å². The number of aromatic nitrogens is 1. The van der Waals surface area contributed by atoms with Gasteiger partial charge in [-0.25, -0.2) is 14.4 Å². The van der Waals surface area contributed by atoms with E-state index in [1.54, 1.807) is 6.20 Å². The third-order valence-electron chi connectivity index (χ3n) is 7.44. The van der Waals surface area contributed by atoms with E-state index in [0.717, 1.165) is 70.0 Å². The Balaban J connectivity index is 2.07. The maximum atomic E-state index is 12.1. The molecule has 0 aliphatic carbocycles. The average molecular weight is 666 g/mol. The van der Waals surface area contributed by atoms with E-state index in [1.165, 1.54) is 0 Å². The normalized spacial score (nSPS) is 12.2. The number of hydrogen-bond acceptors (Lipinski definition) is 8. The van der Waals surface area contributed by atoms with Gasteiger partial charge in [0.2, 0.25) is 5.91 Å². The third kappa shape index (κ3) is 22.0. The predicted molar refractivity (Wildman–Crippen MR) is 172 cm³/mol. The van der Waals surface area contributed by atoms with Crippen molar-refractivity contribution in [2.45, 2.75) is 115 Å². The minimum atomic E-state index is -1.47. The lowest BCUT2D eigenvalue weighted by Gasteiger charge is -2.19. The van der Waals surface area contributed by atoms with E-state index in [4.69, 9.17) is 10.2 Å². The Morgan fingerprint density at radius 3 is 1.83 bits per heavy atom. The first-order chi connectivity index (χ1) is 22.5. The topological polar surface area (TPSA) is 236 Å².